The molecule has 1 unspecified atom stereocenters. The molecule has 0 saturated carbocycles. The van der Waals surface area contributed by atoms with Gasteiger partial charge in [-0.25, -0.2) is 4.79 Å². The Hall–Kier alpha value is -1.14. The number of likely N-dealkylation sites (N-methyl/N-ethyl adjacent to an activating group) is 1. The molecule has 6 heteroatoms. The summed E-state index contributed by atoms with van der Waals surface area (Å²) < 4.78 is 4.57. The fourth-order valence-corrected chi connectivity index (χ4v) is 0.542. The fourth-order valence-electron chi connectivity index (χ4n) is 0.542. The van der Waals surface area contributed by atoms with Gasteiger partial charge in [0.2, 0.25) is 0 Å². The Morgan fingerprint density at radius 1 is 1.50 bits per heavy atom. The predicted octanol–water partition coefficient (Wildman–Crippen LogP) is -1.24. The van der Waals surface area contributed by atoms with Crippen LogP contribution in [0.2, 0.25) is 0 Å². The van der Waals surface area contributed by atoms with E-state index in [2.05, 4.69) is 10.1 Å². The van der Waals surface area contributed by atoms with Crippen molar-refractivity contribution in [3.05, 3.63) is 0 Å². The molecule has 1 atom stereocenters. The lowest BCUT2D eigenvalue weighted by Gasteiger charge is -2.09. The van der Waals surface area contributed by atoms with E-state index in [1.807, 2.05) is 0 Å². The minimum Gasteiger partial charge on any atom is -0.480 e. The number of carbonyl (C=O) groups is 2. The number of nitrogens with one attached hydrogen (secondary N) is 1. The zero-order chi connectivity index (χ0) is 9.56. The highest BCUT2D eigenvalue weighted by molar-refractivity contribution is 5.73. The quantitative estimate of drug-likeness (QED) is 0.469. The second-order valence-electron chi connectivity index (χ2n) is 2.09. The number of rotatable bonds is 6. The van der Waals surface area contributed by atoms with E-state index in [1.54, 1.807) is 0 Å². The Bertz CT molecular complexity index is 169. The molecule has 0 aliphatic rings. The summed E-state index contributed by atoms with van der Waals surface area (Å²) in [6.07, 6.45) is 0. The SMILES string of the molecule is CNC(COCC(=O)O)C(=O)O. The van der Waals surface area contributed by atoms with Crippen molar-refractivity contribution < 1.29 is 24.5 Å². The molecule has 0 radical (unpaired) electrons. The van der Waals surface area contributed by atoms with Gasteiger partial charge in [0.1, 0.15) is 12.6 Å². The van der Waals surface area contributed by atoms with Crippen molar-refractivity contribution in [1.29, 1.82) is 0 Å². The van der Waals surface area contributed by atoms with Crippen LogP contribution in [0, 0.1) is 0 Å². The summed E-state index contributed by atoms with van der Waals surface area (Å²) in [5.41, 5.74) is 0. The van der Waals surface area contributed by atoms with Crippen LogP contribution in [0.15, 0.2) is 0 Å². The molecule has 6 nitrogen and oxygen atoms in total. The summed E-state index contributed by atoms with van der Waals surface area (Å²) in [7, 11) is 1.46. The topological polar surface area (TPSA) is 95.9 Å². The Labute approximate surface area is 69.1 Å². The summed E-state index contributed by atoms with van der Waals surface area (Å²) in [5.74, 6) is -2.18. The van der Waals surface area contributed by atoms with Crippen molar-refractivity contribution in [2.45, 2.75) is 6.04 Å². The maximum absolute atomic E-state index is 10.3. The van der Waals surface area contributed by atoms with E-state index in [1.165, 1.54) is 7.05 Å². The van der Waals surface area contributed by atoms with E-state index >= 15 is 0 Å². The van der Waals surface area contributed by atoms with Gasteiger partial charge in [0.25, 0.3) is 0 Å². The smallest absolute Gasteiger partial charge is 0.329 e. The first kappa shape index (κ1) is 10.9. The second kappa shape index (κ2) is 5.50. The molecule has 0 aliphatic heterocycles. The van der Waals surface area contributed by atoms with Gasteiger partial charge in [-0.15, -0.1) is 0 Å². The van der Waals surface area contributed by atoms with Crippen LogP contribution in [-0.4, -0.2) is 48.5 Å². The van der Waals surface area contributed by atoms with Gasteiger partial charge in [-0.05, 0) is 7.05 Å². The normalized spacial score (nSPS) is 12.4. The van der Waals surface area contributed by atoms with Gasteiger partial charge in [-0.3, -0.25) is 4.79 Å². The highest BCUT2D eigenvalue weighted by atomic mass is 16.5. The molecule has 0 aromatic rings. The Kier molecular flexibility index (Phi) is 4.98. The van der Waals surface area contributed by atoms with E-state index in [9.17, 15) is 9.59 Å². The first-order valence-electron chi connectivity index (χ1n) is 3.27. The summed E-state index contributed by atoms with van der Waals surface area (Å²) in [6, 6.07) is -0.857. The van der Waals surface area contributed by atoms with Crippen LogP contribution in [-0.2, 0) is 14.3 Å². The van der Waals surface area contributed by atoms with Crippen LogP contribution in [0.25, 0.3) is 0 Å². The summed E-state index contributed by atoms with van der Waals surface area (Å²) in [4.78, 5) is 20.3. The highest BCUT2D eigenvalue weighted by Gasteiger charge is 2.14. The molecule has 0 bridgehead atoms. The minimum absolute atomic E-state index is 0.155. The molecule has 70 valence electrons. The number of hydrogen-bond acceptors (Lipinski definition) is 4. The standard InChI is InChI=1S/C6H11NO5/c1-7-4(6(10)11)2-12-3-5(8)9/h4,7H,2-3H2,1H3,(H,8,9)(H,10,11). The van der Waals surface area contributed by atoms with Crippen LogP contribution < -0.4 is 5.32 Å². The maximum atomic E-state index is 10.3. The van der Waals surface area contributed by atoms with Gasteiger partial charge >= 0.3 is 11.9 Å². The van der Waals surface area contributed by atoms with Crippen molar-refractivity contribution >= 4 is 11.9 Å². The van der Waals surface area contributed by atoms with Crippen LogP contribution in [0.4, 0.5) is 0 Å². The third kappa shape index (κ3) is 4.64. The van der Waals surface area contributed by atoms with E-state index in [0.717, 1.165) is 0 Å². The van der Waals surface area contributed by atoms with Crippen LogP contribution in [0.3, 0.4) is 0 Å². The summed E-state index contributed by atoms with van der Waals surface area (Å²) in [5, 5.41) is 19.1. The molecule has 0 aliphatic carbocycles. The lowest BCUT2D eigenvalue weighted by atomic mass is 10.3. The molecule has 0 fully saturated rings. The third-order valence-electron chi connectivity index (χ3n) is 1.16. The molecule has 0 aromatic heterocycles. The van der Waals surface area contributed by atoms with Crippen LogP contribution in [0.1, 0.15) is 0 Å². The second-order valence-corrected chi connectivity index (χ2v) is 2.09. The van der Waals surface area contributed by atoms with Crippen molar-refractivity contribution in [1.82, 2.24) is 5.32 Å². The Morgan fingerprint density at radius 3 is 2.42 bits per heavy atom. The number of aliphatic carboxylic acids is 2. The largest absolute Gasteiger partial charge is 0.480 e. The predicted molar refractivity (Wildman–Crippen MR) is 38.9 cm³/mol. The number of ether oxygens (including phenoxy) is 1. The van der Waals surface area contributed by atoms with Crippen LogP contribution >= 0.6 is 0 Å². The molecule has 0 spiro atoms. The zero-order valence-corrected chi connectivity index (χ0v) is 6.61. The van der Waals surface area contributed by atoms with Gasteiger partial charge in [0, 0.05) is 0 Å². The molecular formula is C6H11NO5. The van der Waals surface area contributed by atoms with Crippen molar-refractivity contribution in [3.63, 3.8) is 0 Å². The Morgan fingerprint density at radius 2 is 2.08 bits per heavy atom. The molecule has 3 N–H and O–H groups in total. The first-order valence-corrected chi connectivity index (χ1v) is 3.27. The molecule has 0 heterocycles. The highest BCUT2D eigenvalue weighted by Crippen LogP contribution is 1.85. The summed E-state index contributed by atoms with van der Waals surface area (Å²) >= 11 is 0. The molecule has 0 saturated heterocycles. The molecule has 0 amide bonds. The van der Waals surface area contributed by atoms with Crippen LogP contribution in [0.5, 0.6) is 0 Å². The van der Waals surface area contributed by atoms with Crippen molar-refractivity contribution in [2.24, 2.45) is 0 Å². The summed E-state index contributed by atoms with van der Waals surface area (Å²) in [6.45, 7) is -0.635. The molecule has 12 heavy (non-hydrogen) atoms. The lowest BCUT2D eigenvalue weighted by molar-refractivity contribution is -0.146. The van der Waals surface area contributed by atoms with Gasteiger partial charge in [-0.1, -0.05) is 0 Å². The van der Waals surface area contributed by atoms with Crippen molar-refractivity contribution in [3.8, 4) is 0 Å². The average molecular weight is 177 g/mol. The van der Waals surface area contributed by atoms with E-state index in [0.29, 0.717) is 0 Å². The lowest BCUT2D eigenvalue weighted by Crippen LogP contribution is -2.38. The number of hydrogen-bond donors (Lipinski definition) is 3. The minimum atomic E-state index is -1.12. The van der Waals surface area contributed by atoms with Gasteiger partial charge in [0.05, 0.1) is 6.61 Å². The third-order valence-corrected chi connectivity index (χ3v) is 1.16. The number of carboxylic acids is 2. The van der Waals surface area contributed by atoms with E-state index in [4.69, 9.17) is 10.2 Å². The number of carboxylic acid groups (broad SMARTS) is 2. The fraction of sp³-hybridized carbons (Fsp3) is 0.667. The zero-order valence-electron chi connectivity index (χ0n) is 6.61. The Balaban J connectivity index is 3.59. The maximum Gasteiger partial charge on any atom is 0.329 e. The first-order chi connectivity index (χ1) is 5.57. The molecule has 0 aromatic carbocycles. The van der Waals surface area contributed by atoms with E-state index < -0.39 is 24.6 Å². The van der Waals surface area contributed by atoms with Gasteiger partial charge in [-0.2, -0.15) is 0 Å². The van der Waals surface area contributed by atoms with E-state index in [-0.39, 0.29) is 6.61 Å². The van der Waals surface area contributed by atoms with Gasteiger partial charge in [0.15, 0.2) is 0 Å². The van der Waals surface area contributed by atoms with Gasteiger partial charge < -0.3 is 20.3 Å². The molecular weight excluding hydrogens is 166 g/mol. The average Bonchev–Trinajstić information content (AvgIpc) is 1.96. The monoisotopic (exact) mass is 177 g/mol. The molecule has 0 rings (SSSR count). The van der Waals surface area contributed by atoms with Crippen molar-refractivity contribution in [2.75, 3.05) is 20.3 Å².